The minimum absolute atomic E-state index is 0.0772. The van der Waals surface area contributed by atoms with Gasteiger partial charge in [-0.25, -0.2) is 0 Å². The monoisotopic (exact) mass is 269 g/mol. The number of aryl methyl sites for hydroxylation is 1. The van der Waals surface area contributed by atoms with Crippen LogP contribution in [0, 0.1) is 16.0 Å². The minimum Gasteiger partial charge on any atom is -0.396 e. The molecule has 1 rings (SSSR count). The Labute approximate surface area is 111 Å². The van der Waals surface area contributed by atoms with Crippen molar-refractivity contribution in [2.45, 2.75) is 26.8 Å². The summed E-state index contributed by atoms with van der Waals surface area (Å²) in [5.74, 6) is -0.172. The molecule has 7 nitrogen and oxygen atoms in total. The largest absolute Gasteiger partial charge is 0.396 e. The second-order valence-electron chi connectivity index (χ2n) is 4.45. The zero-order valence-electron chi connectivity index (χ0n) is 11.1. The lowest BCUT2D eigenvalue weighted by Gasteiger charge is -2.11. The Morgan fingerprint density at radius 2 is 2.32 bits per heavy atom. The van der Waals surface area contributed by atoms with Crippen LogP contribution in [0.3, 0.4) is 0 Å². The first-order valence-corrected chi connectivity index (χ1v) is 6.23. The molecule has 19 heavy (non-hydrogen) atoms. The Morgan fingerprint density at radius 1 is 1.63 bits per heavy atom. The summed E-state index contributed by atoms with van der Waals surface area (Å²) < 4.78 is 1.55. The number of carbonyl (C=O) groups is 1. The fourth-order valence-electron chi connectivity index (χ4n) is 1.73. The molecule has 7 heteroatoms. The van der Waals surface area contributed by atoms with Crippen LogP contribution in [0.1, 0.15) is 30.8 Å². The minimum atomic E-state index is -0.517. The number of aliphatic hydroxyl groups excluding tert-OH is 1. The summed E-state index contributed by atoms with van der Waals surface area (Å²) in [7, 11) is 0. The lowest BCUT2D eigenvalue weighted by molar-refractivity contribution is -0.384. The molecule has 1 amide bonds. The summed E-state index contributed by atoms with van der Waals surface area (Å²) in [5, 5.41) is 22.2. The van der Waals surface area contributed by atoms with Crippen molar-refractivity contribution in [1.29, 1.82) is 0 Å². The standard InChI is InChI=1S/C12H19N3O4/c1-3-14-8-10(15(18)19)6-11(14)12(17)13-7-9(2)4-5-16/h6,8-9,16H,3-5,7H2,1-2H3,(H,13,17). The Bertz CT molecular complexity index is 456. The van der Waals surface area contributed by atoms with Gasteiger partial charge in [0.2, 0.25) is 0 Å². The smallest absolute Gasteiger partial charge is 0.287 e. The Morgan fingerprint density at radius 3 is 2.84 bits per heavy atom. The third kappa shape index (κ3) is 4.06. The zero-order chi connectivity index (χ0) is 14.4. The molecule has 0 aliphatic heterocycles. The number of hydrogen-bond acceptors (Lipinski definition) is 4. The van der Waals surface area contributed by atoms with Crippen LogP contribution >= 0.6 is 0 Å². The van der Waals surface area contributed by atoms with E-state index in [0.717, 1.165) is 0 Å². The number of nitro groups is 1. The normalized spacial score (nSPS) is 12.2. The summed E-state index contributed by atoms with van der Waals surface area (Å²) in [6, 6.07) is 1.27. The number of nitrogens with zero attached hydrogens (tertiary/aromatic N) is 2. The number of aromatic nitrogens is 1. The number of carbonyl (C=O) groups excluding carboxylic acids is 1. The van der Waals surface area contributed by atoms with Gasteiger partial charge in [-0.15, -0.1) is 0 Å². The van der Waals surface area contributed by atoms with Gasteiger partial charge in [0, 0.05) is 25.8 Å². The number of hydrogen-bond donors (Lipinski definition) is 2. The lowest BCUT2D eigenvalue weighted by atomic mass is 10.1. The molecule has 0 spiro atoms. The molecule has 0 aromatic carbocycles. The second-order valence-corrected chi connectivity index (χ2v) is 4.45. The van der Waals surface area contributed by atoms with E-state index < -0.39 is 4.92 Å². The average Bonchev–Trinajstić information content (AvgIpc) is 2.80. The molecule has 0 saturated carbocycles. The third-order valence-electron chi connectivity index (χ3n) is 2.90. The molecular formula is C12H19N3O4. The van der Waals surface area contributed by atoms with Gasteiger partial charge in [-0.3, -0.25) is 14.9 Å². The highest BCUT2D eigenvalue weighted by atomic mass is 16.6. The molecule has 0 aliphatic rings. The van der Waals surface area contributed by atoms with Gasteiger partial charge in [0.15, 0.2) is 0 Å². The molecule has 1 aromatic rings. The maximum atomic E-state index is 12.0. The fourth-order valence-corrected chi connectivity index (χ4v) is 1.73. The van der Waals surface area contributed by atoms with Gasteiger partial charge in [-0.2, -0.15) is 0 Å². The summed E-state index contributed by atoms with van der Waals surface area (Å²) in [5.41, 5.74) is 0.195. The summed E-state index contributed by atoms with van der Waals surface area (Å²) in [6.07, 6.45) is 1.96. The number of rotatable bonds is 7. The first kappa shape index (κ1) is 15.2. The van der Waals surface area contributed by atoms with Crippen LogP contribution in [0.15, 0.2) is 12.3 Å². The van der Waals surface area contributed by atoms with Crippen molar-refractivity contribution in [2.24, 2.45) is 5.92 Å². The van der Waals surface area contributed by atoms with E-state index in [1.54, 1.807) is 4.57 Å². The van der Waals surface area contributed by atoms with Crippen LogP contribution in [0.5, 0.6) is 0 Å². The van der Waals surface area contributed by atoms with Gasteiger partial charge in [0.05, 0.1) is 11.1 Å². The van der Waals surface area contributed by atoms with Crippen LogP contribution in [-0.2, 0) is 6.54 Å². The molecule has 1 heterocycles. The van der Waals surface area contributed by atoms with Gasteiger partial charge in [0.25, 0.3) is 11.6 Å². The molecule has 1 atom stereocenters. The van der Waals surface area contributed by atoms with Crippen molar-refractivity contribution in [3.8, 4) is 0 Å². The summed E-state index contributed by atoms with van der Waals surface area (Å²) in [4.78, 5) is 22.1. The molecule has 0 aliphatic carbocycles. The Kier molecular flexibility index (Phi) is 5.50. The maximum Gasteiger partial charge on any atom is 0.287 e. The van der Waals surface area contributed by atoms with Crippen LogP contribution in [0.25, 0.3) is 0 Å². The van der Waals surface area contributed by atoms with Gasteiger partial charge in [-0.1, -0.05) is 6.92 Å². The molecule has 0 bridgehead atoms. The predicted molar refractivity (Wildman–Crippen MR) is 70.0 cm³/mol. The molecule has 106 valence electrons. The van der Waals surface area contributed by atoms with Gasteiger partial charge in [0.1, 0.15) is 5.69 Å². The second kappa shape index (κ2) is 6.89. The number of amides is 1. The molecule has 1 aromatic heterocycles. The first-order chi connectivity index (χ1) is 8.99. The fraction of sp³-hybridized carbons (Fsp3) is 0.583. The average molecular weight is 269 g/mol. The van der Waals surface area contributed by atoms with Crippen molar-refractivity contribution >= 4 is 11.6 Å². The van der Waals surface area contributed by atoms with E-state index in [4.69, 9.17) is 5.11 Å². The van der Waals surface area contributed by atoms with E-state index in [9.17, 15) is 14.9 Å². The molecule has 0 radical (unpaired) electrons. The number of aliphatic hydroxyl groups is 1. The van der Waals surface area contributed by atoms with E-state index in [-0.39, 0.29) is 29.8 Å². The molecular weight excluding hydrogens is 250 g/mol. The molecule has 2 N–H and O–H groups in total. The number of nitrogens with one attached hydrogen (secondary N) is 1. The van der Waals surface area contributed by atoms with Gasteiger partial charge >= 0.3 is 0 Å². The van der Waals surface area contributed by atoms with Crippen LogP contribution in [-0.4, -0.2) is 33.7 Å². The maximum absolute atomic E-state index is 12.0. The van der Waals surface area contributed by atoms with Crippen LogP contribution < -0.4 is 5.32 Å². The Hall–Kier alpha value is -1.89. The molecule has 1 unspecified atom stereocenters. The van der Waals surface area contributed by atoms with Crippen LogP contribution in [0.2, 0.25) is 0 Å². The SMILES string of the molecule is CCn1cc([N+](=O)[O-])cc1C(=O)NCC(C)CCO. The van der Waals surface area contributed by atoms with E-state index in [0.29, 0.717) is 19.5 Å². The predicted octanol–water partition coefficient (Wildman–Crippen LogP) is 1.16. The highest BCUT2D eigenvalue weighted by Crippen LogP contribution is 2.16. The van der Waals surface area contributed by atoms with Crippen molar-refractivity contribution in [2.75, 3.05) is 13.2 Å². The van der Waals surface area contributed by atoms with Gasteiger partial charge in [-0.05, 0) is 19.3 Å². The lowest BCUT2D eigenvalue weighted by Crippen LogP contribution is -2.30. The summed E-state index contributed by atoms with van der Waals surface area (Å²) in [6.45, 7) is 4.73. The van der Waals surface area contributed by atoms with E-state index in [1.165, 1.54) is 12.3 Å². The van der Waals surface area contributed by atoms with Crippen molar-refractivity contribution in [3.63, 3.8) is 0 Å². The van der Waals surface area contributed by atoms with E-state index >= 15 is 0 Å². The third-order valence-corrected chi connectivity index (χ3v) is 2.90. The first-order valence-electron chi connectivity index (χ1n) is 6.23. The highest BCUT2D eigenvalue weighted by molar-refractivity contribution is 5.93. The summed E-state index contributed by atoms with van der Waals surface area (Å²) >= 11 is 0. The zero-order valence-corrected chi connectivity index (χ0v) is 11.1. The van der Waals surface area contributed by atoms with Crippen LogP contribution in [0.4, 0.5) is 5.69 Å². The molecule has 0 fully saturated rings. The van der Waals surface area contributed by atoms with Crippen molar-refractivity contribution in [1.82, 2.24) is 9.88 Å². The molecule has 0 saturated heterocycles. The Balaban J connectivity index is 2.73. The van der Waals surface area contributed by atoms with E-state index in [2.05, 4.69) is 5.32 Å². The topological polar surface area (TPSA) is 97.4 Å². The van der Waals surface area contributed by atoms with Crippen molar-refractivity contribution in [3.05, 3.63) is 28.1 Å². The quantitative estimate of drug-likeness (QED) is 0.573. The van der Waals surface area contributed by atoms with E-state index in [1.807, 2.05) is 13.8 Å². The van der Waals surface area contributed by atoms with Crippen molar-refractivity contribution < 1.29 is 14.8 Å². The highest BCUT2D eigenvalue weighted by Gasteiger charge is 2.18. The van der Waals surface area contributed by atoms with Gasteiger partial charge < -0.3 is 15.0 Å².